The van der Waals surface area contributed by atoms with Gasteiger partial charge in [0.25, 0.3) is 0 Å². The Morgan fingerprint density at radius 3 is 2.59 bits per heavy atom. The van der Waals surface area contributed by atoms with Crippen molar-refractivity contribution in [3.8, 4) is 0 Å². The average Bonchev–Trinajstić information content (AvgIpc) is 2.31. The normalized spacial score (nSPS) is 14.9. The first-order chi connectivity index (χ1) is 8.04. The van der Waals surface area contributed by atoms with Gasteiger partial charge in [0.15, 0.2) is 0 Å². The zero-order valence-corrected chi connectivity index (χ0v) is 11.1. The van der Waals surface area contributed by atoms with Gasteiger partial charge in [0.05, 0.1) is 11.9 Å². The summed E-state index contributed by atoms with van der Waals surface area (Å²) in [5.41, 5.74) is 0.903. The molecule has 1 N–H and O–H groups in total. The molecule has 1 aromatic rings. The Balaban J connectivity index is 2.57. The molecule has 0 aliphatic heterocycles. The molecule has 0 aliphatic carbocycles. The Hall–Kier alpha value is -1.00. The number of hydrogen-bond acceptors (Lipinski definition) is 3. The van der Waals surface area contributed by atoms with E-state index in [1.54, 1.807) is 6.07 Å². The fourth-order valence-electron chi connectivity index (χ4n) is 1.55. The van der Waals surface area contributed by atoms with Crippen molar-refractivity contribution in [1.29, 1.82) is 0 Å². The second-order valence-electron chi connectivity index (χ2n) is 4.58. The second kappa shape index (κ2) is 6.67. The number of halogens is 1. The van der Waals surface area contributed by atoms with Gasteiger partial charge in [-0.05, 0) is 39.6 Å². The molecule has 0 aliphatic rings. The van der Waals surface area contributed by atoms with Gasteiger partial charge in [0, 0.05) is 18.6 Å². The first kappa shape index (κ1) is 14.1. The molecule has 0 saturated heterocycles. The number of rotatable bonds is 6. The lowest BCUT2D eigenvalue weighted by Crippen LogP contribution is -2.37. The van der Waals surface area contributed by atoms with Gasteiger partial charge in [-0.15, -0.1) is 0 Å². The maximum atomic E-state index is 12.8. The van der Waals surface area contributed by atoms with E-state index in [0.29, 0.717) is 6.04 Å². The van der Waals surface area contributed by atoms with Crippen LogP contribution in [0.1, 0.15) is 32.0 Å². The number of pyridine rings is 1. The minimum absolute atomic E-state index is 0.193. The lowest BCUT2D eigenvalue weighted by molar-refractivity contribution is 0.291. The van der Waals surface area contributed by atoms with Crippen molar-refractivity contribution in [2.45, 2.75) is 32.4 Å². The van der Waals surface area contributed by atoms with E-state index in [-0.39, 0.29) is 11.9 Å². The number of likely N-dealkylation sites (N-methyl/N-ethyl adjacent to an activating group) is 1. The average molecular weight is 239 g/mol. The van der Waals surface area contributed by atoms with Gasteiger partial charge >= 0.3 is 0 Å². The van der Waals surface area contributed by atoms with Crippen molar-refractivity contribution >= 4 is 0 Å². The molecule has 0 amide bonds. The molecule has 4 heteroatoms. The zero-order chi connectivity index (χ0) is 12.8. The topological polar surface area (TPSA) is 28.2 Å². The van der Waals surface area contributed by atoms with Crippen LogP contribution in [-0.4, -0.2) is 36.6 Å². The van der Waals surface area contributed by atoms with Crippen LogP contribution in [0.5, 0.6) is 0 Å². The largest absolute Gasteiger partial charge is 0.307 e. The minimum atomic E-state index is -0.287. The molecule has 1 aromatic heterocycles. The standard InChI is InChI=1S/C13H22FN3/c1-5-12(15-8-10(2)17(3)4)13-7-6-11(14)9-16-13/h6-7,9-10,12,15H,5,8H2,1-4H3. The quantitative estimate of drug-likeness (QED) is 0.825. The first-order valence-electron chi connectivity index (χ1n) is 6.05. The summed E-state index contributed by atoms with van der Waals surface area (Å²) in [5.74, 6) is -0.287. The smallest absolute Gasteiger partial charge is 0.141 e. The molecule has 17 heavy (non-hydrogen) atoms. The summed E-state index contributed by atoms with van der Waals surface area (Å²) in [6.45, 7) is 5.16. The van der Waals surface area contributed by atoms with Gasteiger partial charge in [0.2, 0.25) is 0 Å². The maximum Gasteiger partial charge on any atom is 0.141 e. The molecule has 2 unspecified atom stereocenters. The predicted octanol–water partition coefficient (Wildman–Crippen LogP) is 2.21. The highest BCUT2D eigenvalue weighted by molar-refractivity contribution is 5.09. The SMILES string of the molecule is CCC(NCC(C)N(C)C)c1ccc(F)cn1. The monoisotopic (exact) mass is 239 g/mol. The third-order valence-electron chi connectivity index (χ3n) is 3.06. The first-order valence-corrected chi connectivity index (χ1v) is 6.05. The van der Waals surface area contributed by atoms with E-state index in [0.717, 1.165) is 18.7 Å². The Morgan fingerprint density at radius 2 is 2.12 bits per heavy atom. The fourth-order valence-corrected chi connectivity index (χ4v) is 1.55. The van der Waals surface area contributed by atoms with Crippen molar-refractivity contribution in [3.63, 3.8) is 0 Å². The van der Waals surface area contributed by atoms with Gasteiger partial charge < -0.3 is 10.2 Å². The fraction of sp³-hybridized carbons (Fsp3) is 0.615. The highest BCUT2D eigenvalue weighted by Crippen LogP contribution is 2.14. The maximum absolute atomic E-state index is 12.8. The summed E-state index contributed by atoms with van der Waals surface area (Å²) in [5, 5.41) is 3.46. The third kappa shape index (κ3) is 4.40. The van der Waals surface area contributed by atoms with E-state index in [1.807, 2.05) is 0 Å². The molecule has 3 nitrogen and oxygen atoms in total. The molecule has 0 saturated carbocycles. The third-order valence-corrected chi connectivity index (χ3v) is 3.06. The van der Waals surface area contributed by atoms with E-state index in [1.165, 1.54) is 12.3 Å². The summed E-state index contributed by atoms with van der Waals surface area (Å²) in [4.78, 5) is 6.29. The zero-order valence-electron chi connectivity index (χ0n) is 11.1. The molecule has 0 bridgehead atoms. The lowest BCUT2D eigenvalue weighted by Gasteiger charge is -2.23. The highest BCUT2D eigenvalue weighted by atomic mass is 19.1. The van der Waals surface area contributed by atoms with Crippen molar-refractivity contribution in [2.24, 2.45) is 0 Å². The molecule has 1 rings (SSSR count). The van der Waals surface area contributed by atoms with Crippen LogP contribution in [0.2, 0.25) is 0 Å². The lowest BCUT2D eigenvalue weighted by atomic mass is 10.1. The van der Waals surface area contributed by atoms with E-state index < -0.39 is 0 Å². The van der Waals surface area contributed by atoms with Gasteiger partial charge in [-0.25, -0.2) is 4.39 Å². The molecule has 1 heterocycles. The highest BCUT2D eigenvalue weighted by Gasteiger charge is 2.12. The van der Waals surface area contributed by atoms with Gasteiger partial charge in [-0.2, -0.15) is 0 Å². The molecule has 0 radical (unpaired) electrons. The molecule has 96 valence electrons. The Kier molecular flexibility index (Phi) is 5.51. The molecule has 2 atom stereocenters. The summed E-state index contributed by atoms with van der Waals surface area (Å²) in [6, 6.07) is 3.86. The van der Waals surface area contributed by atoms with E-state index >= 15 is 0 Å². The van der Waals surface area contributed by atoms with Crippen molar-refractivity contribution < 1.29 is 4.39 Å². The van der Waals surface area contributed by atoms with Crippen molar-refractivity contribution in [3.05, 3.63) is 29.8 Å². The number of nitrogens with zero attached hydrogens (tertiary/aromatic N) is 2. The molecular formula is C13H22FN3. The Labute approximate surface area is 103 Å². The van der Waals surface area contributed by atoms with Crippen LogP contribution < -0.4 is 5.32 Å². The summed E-state index contributed by atoms with van der Waals surface area (Å²) in [7, 11) is 4.12. The van der Waals surface area contributed by atoms with E-state index in [9.17, 15) is 4.39 Å². The van der Waals surface area contributed by atoms with E-state index in [4.69, 9.17) is 0 Å². The molecular weight excluding hydrogens is 217 g/mol. The summed E-state index contributed by atoms with van der Waals surface area (Å²) < 4.78 is 12.8. The van der Waals surface area contributed by atoms with Crippen LogP contribution in [-0.2, 0) is 0 Å². The number of aromatic nitrogens is 1. The van der Waals surface area contributed by atoms with Crippen LogP contribution in [0.25, 0.3) is 0 Å². The van der Waals surface area contributed by atoms with Gasteiger partial charge in [0.1, 0.15) is 5.82 Å². The molecule has 0 spiro atoms. The summed E-state index contributed by atoms with van der Waals surface area (Å²) in [6.07, 6.45) is 2.22. The van der Waals surface area contributed by atoms with Crippen molar-refractivity contribution in [2.75, 3.05) is 20.6 Å². The van der Waals surface area contributed by atoms with Gasteiger partial charge in [-0.3, -0.25) is 4.98 Å². The molecule has 0 fully saturated rings. The number of hydrogen-bond donors (Lipinski definition) is 1. The molecule has 0 aromatic carbocycles. The van der Waals surface area contributed by atoms with Crippen LogP contribution in [0, 0.1) is 5.82 Å². The van der Waals surface area contributed by atoms with Crippen LogP contribution in [0.4, 0.5) is 4.39 Å². The van der Waals surface area contributed by atoms with Crippen LogP contribution in [0.15, 0.2) is 18.3 Å². The van der Waals surface area contributed by atoms with Crippen LogP contribution >= 0.6 is 0 Å². The Bertz CT molecular complexity index is 324. The Morgan fingerprint density at radius 1 is 1.41 bits per heavy atom. The summed E-state index contributed by atoms with van der Waals surface area (Å²) >= 11 is 0. The second-order valence-corrected chi connectivity index (χ2v) is 4.58. The van der Waals surface area contributed by atoms with Crippen LogP contribution in [0.3, 0.4) is 0 Å². The minimum Gasteiger partial charge on any atom is -0.307 e. The predicted molar refractivity (Wildman–Crippen MR) is 68.4 cm³/mol. The van der Waals surface area contributed by atoms with E-state index in [2.05, 4.69) is 43.1 Å². The van der Waals surface area contributed by atoms with Crippen molar-refractivity contribution in [1.82, 2.24) is 15.2 Å². The number of nitrogens with one attached hydrogen (secondary N) is 1. The van der Waals surface area contributed by atoms with Gasteiger partial charge in [-0.1, -0.05) is 6.92 Å².